The van der Waals surface area contributed by atoms with Crippen LogP contribution in [0.2, 0.25) is 5.02 Å². The molecule has 5 aromatic rings. The molecule has 0 fully saturated rings. The van der Waals surface area contributed by atoms with Crippen LogP contribution >= 0.6 is 11.6 Å². The molecule has 10 heteroatoms. The molecule has 0 bridgehead atoms. The molecule has 0 aliphatic rings. The lowest BCUT2D eigenvalue weighted by molar-refractivity contribution is -0.385. The Morgan fingerprint density at radius 2 is 1.67 bits per heavy atom. The van der Waals surface area contributed by atoms with Gasteiger partial charge in [-0.15, -0.1) is 0 Å². The van der Waals surface area contributed by atoms with Gasteiger partial charge in [-0.05, 0) is 48.4 Å². The highest BCUT2D eigenvalue weighted by atomic mass is 35.5. The average Bonchev–Trinajstić information content (AvgIpc) is 3.00. The molecular formula is C32H25ClN4O5. The summed E-state index contributed by atoms with van der Waals surface area (Å²) in [6.07, 6.45) is 1.41. The van der Waals surface area contributed by atoms with Crippen molar-refractivity contribution in [1.29, 1.82) is 5.26 Å². The van der Waals surface area contributed by atoms with E-state index in [4.69, 9.17) is 25.8 Å². The van der Waals surface area contributed by atoms with Gasteiger partial charge in [-0.3, -0.25) is 15.1 Å². The molecule has 0 amide bonds. The molecule has 1 N–H and O–H groups in total. The van der Waals surface area contributed by atoms with Gasteiger partial charge in [-0.2, -0.15) is 5.26 Å². The zero-order chi connectivity index (χ0) is 29.5. The first-order chi connectivity index (χ1) is 20.4. The summed E-state index contributed by atoms with van der Waals surface area (Å²) >= 11 is 6.53. The van der Waals surface area contributed by atoms with E-state index in [9.17, 15) is 15.4 Å². The number of ether oxygens (including phenoxy) is 3. The van der Waals surface area contributed by atoms with Crippen LogP contribution in [-0.2, 0) is 13.2 Å². The maximum Gasteiger partial charge on any atom is 0.311 e. The molecule has 0 unspecified atom stereocenters. The van der Waals surface area contributed by atoms with Gasteiger partial charge in [-0.1, -0.05) is 54.1 Å². The number of benzene rings is 4. The number of nitro benzene ring substituents is 1. The normalized spacial score (nSPS) is 10.6. The van der Waals surface area contributed by atoms with Gasteiger partial charge in [0.25, 0.3) is 0 Å². The zero-order valence-electron chi connectivity index (χ0n) is 22.5. The Hall–Kier alpha value is -5.33. The van der Waals surface area contributed by atoms with E-state index in [-0.39, 0.29) is 23.6 Å². The molecule has 5 rings (SSSR count). The number of halogens is 1. The second-order valence-corrected chi connectivity index (χ2v) is 9.57. The number of nitrogens with zero attached hydrogens (tertiary/aromatic N) is 3. The highest BCUT2D eigenvalue weighted by Crippen LogP contribution is 2.38. The number of nitro groups is 1. The number of nitriles is 1. The van der Waals surface area contributed by atoms with Crippen molar-refractivity contribution >= 4 is 39.6 Å². The first kappa shape index (κ1) is 28.2. The van der Waals surface area contributed by atoms with E-state index in [1.165, 1.54) is 18.3 Å². The summed E-state index contributed by atoms with van der Waals surface area (Å²) in [6.45, 7) is 2.78. The summed E-state index contributed by atoms with van der Waals surface area (Å²) in [5.41, 5.74) is 3.40. The Morgan fingerprint density at radius 1 is 0.929 bits per heavy atom. The largest absolute Gasteiger partial charge is 0.489 e. The zero-order valence-corrected chi connectivity index (χ0v) is 23.3. The molecule has 0 saturated heterocycles. The SMILES string of the molecule is CCOc1cc2ncc(C#N)c(Nc3ccc(OCc4ccc(OCc5ccccc5)cc4)c(Cl)c3)c2cc1[N+](=O)[O-]. The number of nitrogens with one attached hydrogen (secondary N) is 1. The summed E-state index contributed by atoms with van der Waals surface area (Å²) in [7, 11) is 0. The predicted molar refractivity (Wildman–Crippen MR) is 161 cm³/mol. The molecule has 210 valence electrons. The van der Waals surface area contributed by atoms with Crippen LogP contribution in [0.15, 0.2) is 91.1 Å². The lowest BCUT2D eigenvalue weighted by Crippen LogP contribution is -2.01. The fourth-order valence-electron chi connectivity index (χ4n) is 4.27. The van der Waals surface area contributed by atoms with Gasteiger partial charge in [0.15, 0.2) is 5.75 Å². The summed E-state index contributed by atoms with van der Waals surface area (Å²) in [5, 5.41) is 25.3. The molecule has 9 nitrogen and oxygen atoms in total. The van der Waals surface area contributed by atoms with Crippen molar-refractivity contribution in [1.82, 2.24) is 4.98 Å². The first-order valence-corrected chi connectivity index (χ1v) is 13.4. The molecule has 0 aliphatic carbocycles. The van der Waals surface area contributed by atoms with Crippen molar-refractivity contribution in [3.05, 3.63) is 123 Å². The maximum atomic E-state index is 11.7. The van der Waals surface area contributed by atoms with Gasteiger partial charge < -0.3 is 19.5 Å². The summed E-state index contributed by atoms with van der Waals surface area (Å²) in [6, 6.07) is 27.7. The molecule has 0 radical (unpaired) electrons. The Morgan fingerprint density at radius 3 is 2.36 bits per heavy atom. The summed E-state index contributed by atoms with van der Waals surface area (Å²) < 4.78 is 17.2. The van der Waals surface area contributed by atoms with E-state index in [1.54, 1.807) is 25.1 Å². The van der Waals surface area contributed by atoms with Crippen LogP contribution in [0, 0.1) is 21.4 Å². The fourth-order valence-corrected chi connectivity index (χ4v) is 4.50. The Labute approximate surface area is 247 Å². The van der Waals surface area contributed by atoms with Crippen LogP contribution in [0.4, 0.5) is 17.1 Å². The fraction of sp³-hybridized carbons (Fsp3) is 0.125. The number of fused-ring (bicyclic) bond motifs is 1. The third kappa shape index (κ3) is 6.52. The lowest BCUT2D eigenvalue weighted by atomic mass is 10.1. The van der Waals surface area contributed by atoms with Gasteiger partial charge in [0.05, 0.1) is 33.3 Å². The Balaban J connectivity index is 1.29. The van der Waals surface area contributed by atoms with E-state index in [1.807, 2.05) is 54.6 Å². The highest BCUT2D eigenvalue weighted by Gasteiger charge is 2.20. The standard InChI is InChI=1S/C32H25ClN4O5/c1-2-40-31-16-28-26(15-29(31)37(38)39)32(23(17-34)18-35-28)36-24-10-13-30(27(33)14-24)42-20-22-8-11-25(12-9-22)41-19-21-6-4-3-5-7-21/h3-16,18H,2,19-20H2,1H3,(H,35,36). The third-order valence-corrected chi connectivity index (χ3v) is 6.63. The Kier molecular flexibility index (Phi) is 8.66. The second-order valence-electron chi connectivity index (χ2n) is 9.16. The van der Waals surface area contributed by atoms with Gasteiger partial charge in [0.2, 0.25) is 0 Å². The molecular weight excluding hydrogens is 556 g/mol. The average molecular weight is 581 g/mol. The minimum atomic E-state index is -0.526. The molecule has 42 heavy (non-hydrogen) atoms. The summed E-state index contributed by atoms with van der Waals surface area (Å²) in [4.78, 5) is 15.5. The second kappa shape index (κ2) is 12.9. The van der Waals surface area contributed by atoms with Gasteiger partial charge >= 0.3 is 5.69 Å². The van der Waals surface area contributed by atoms with Crippen LogP contribution < -0.4 is 19.5 Å². The molecule has 0 spiro atoms. The van der Waals surface area contributed by atoms with Crippen LogP contribution in [-0.4, -0.2) is 16.5 Å². The monoisotopic (exact) mass is 580 g/mol. The number of anilines is 2. The van der Waals surface area contributed by atoms with Crippen LogP contribution in [0.5, 0.6) is 17.2 Å². The van der Waals surface area contributed by atoms with Crippen molar-refractivity contribution in [3.63, 3.8) is 0 Å². The molecule has 1 aromatic heterocycles. The van der Waals surface area contributed by atoms with E-state index < -0.39 is 4.92 Å². The molecule has 0 aliphatic heterocycles. The van der Waals surface area contributed by atoms with Crippen molar-refractivity contribution in [2.24, 2.45) is 0 Å². The number of hydrogen-bond donors (Lipinski definition) is 1. The lowest BCUT2D eigenvalue weighted by Gasteiger charge is -2.14. The molecule has 4 aromatic carbocycles. The highest BCUT2D eigenvalue weighted by molar-refractivity contribution is 6.32. The molecule has 0 saturated carbocycles. The Bertz CT molecular complexity index is 1770. The van der Waals surface area contributed by atoms with E-state index >= 15 is 0 Å². The minimum Gasteiger partial charge on any atom is -0.489 e. The first-order valence-electron chi connectivity index (χ1n) is 13.0. The van der Waals surface area contributed by atoms with E-state index in [0.717, 1.165) is 16.9 Å². The number of pyridine rings is 1. The van der Waals surface area contributed by atoms with Gasteiger partial charge in [0, 0.05) is 29.4 Å². The van der Waals surface area contributed by atoms with E-state index in [2.05, 4.69) is 16.4 Å². The number of rotatable bonds is 11. The topological polar surface area (TPSA) is 120 Å². The predicted octanol–water partition coefficient (Wildman–Crippen LogP) is 7.97. The third-order valence-electron chi connectivity index (χ3n) is 6.33. The maximum absolute atomic E-state index is 11.7. The minimum absolute atomic E-state index is 0.108. The molecule has 1 heterocycles. The van der Waals surface area contributed by atoms with Crippen LogP contribution in [0.1, 0.15) is 23.6 Å². The van der Waals surface area contributed by atoms with Crippen LogP contribution in [0.3, 0.4) is 0 Å². The smallest absolute Gasteiger partial charge is 0.311 e. The van der Waals surface area contributed by atoms with Crippen LogP contribution in [0.25, 0.3) is 10.9 Å². The van der Waals surface area contributed by atoms with Crippen molar-refractivity contribution in [2.45, 2.75) is 20.1 Å². The quantitative estimate of drug-likeness (QED) is 0.123. The van der Waals surface area contributed by atoms with Crippen molar-refractivity contribution < 1.29 is 19.1 Å². The number of aromatic nitrogens is 1. The van der Waals surface area contributed by atoms with E-state index in [0.29, 0.717) is 46.3 Å². The van der Waals surface area contributed by atoms with Gasteiger partial charge in [-0.25, -0.2) is 0 Å². The van der Waals surface area contributed by atoms with Crippen molar-refractivity contribution in [3.8, 4) is 23.3 Å². The van der Waals surface area contributed by atoms with Crippen molar-refractivity contribution in [2.75, 3.05) is 11.9 Å². The molecule has 0 atom stereocenters. The summed E-state index contributed by atoms with van der Waals surface area (Å²) in [5.74, 6) is 1.34. The number of hydrogen-bond acceptors (Lipinski definition) is 8. The van der Waals surface area contributed by atoms with Gasteiger partial charge in [0.1, 0.15) is 30.8 Å².